The Morgan fingerprint density at radius 2 is 2.40 bits per heavy atom. The first-order chi connectivity index (χ1) is 7.29. The lowest BCUT2D eigenvalue weighted by Gasteiger charge is -1.97. The van der Waals surface area contributed by atoms with Gasteiger partial charge in [-0.25, -0.2) is 0 Å². The molecule has 80 valence electrons. The van der Waals surface area contributed by atoms with Gasteiger partial charge in [-0.05, 0) is 17.9 Å². The molecule has 2 aromatic heterocycles. The molecule has 3 nitrogen and oxygen atoms in total. The average molecular weight is 287 g/mol. The summed E-state index contributed by atoms with van der Waals surface area (Å²) in [5, 5.41) is 10.1. The van der Waals surface area contributed by atoms with E-state index in [0.717, 1.165) is 12.8 Å². The summed E-state index contributed by atoms with van der Waals surface area (Å²) >= 11 is 5.18. The Kier molecular flexibility index (Phi) is 3.53. The fourth-order valence-corrected chi connectivity index (χ4v) is 2.08. The van der Waals surface area contributed by atoms with Gasteiger partial charge >= 0.3 is 0 Å². The van der Waals surface area contributed by atoms with E-state index < -0.39 is 0 Å². The van der Waals surface area contributed by atoms with E-state index in [9.17, 15) is 0 Å². The smallest absolute Gasteiger partial charge is 0.230 e. The Labute approximate surface area is 101 Å². The van der Waals surface area contributed by atoms with Gasteiger partial charge in [-0.15, -0.1) is 21.5 Å². The summed E-state index contributed by atoms with van der Waals surface area (Å²) in [6, 6.07) is 4.09. The molecule has 2 aromatic rings. The van der Waals surface area contributed by atoms with Crippen LogP contribution in [0.15, 0.2) is 21.9 Å². The van der Waals surface area contributed by atoms with Gasteiger partial charge in [0.05, 0.1) is 11.2 Å². The quantitative estimate of drug-likeness (QED) is 0.807. The summed E-state index contributed by atoms with van der Waals surface area (Å²) in [6.45, 7) is 2.07. The highest BCUT2D eigenvalue weighted by atomic mass is 79.9. The van der Waals surface area contributed by atoms with Gasteiger partial charge in [0.15, 0.2) is 0 Å². The van der Waals surface area contributed by atoms with Crippen molar-refractivity contribution >= 4 is 27.3 Å². The van der Waals surface area contributed by atoms with Crippen LogP contribution in [0.1, 0.15) is 34.8 Å². The number of rotatable bonds is 4. The van der Waals surface area contributed by atoms with Crippen molar-refractivity contribution in [3.8, 4) is 0 Å². The molecule has 0 N–H and O–H groups in total. The van der Waals surface area contributed by atoms with E-state index in [1.165, 1.54) is 4.88 Å². The molecular formula is C10H11BrN2OS. The SMILES string of the molecule is CCC(Br)c1nnc(Cc2cccs2)o1. The van der Waals surface area contributed by atoms with Crippen LogP contribution < -0.4 is 0 Å². The first-order valence-electron chi connectivity index (χ1n) is 4.78. The van der Waals surface area contributed by atoms with Crippen LogP contribution in [0.5, 0.6) is 0 Å². The van der Waals surface area contributed by atoms with Crippen molar-refractivity contribution in [3.63, 3.8) is 0 Å². The second-order valence-electron chi connectivity index (χ2n) is 3.17. The highest BCUT2D eigenvalue weighted by Crippen LogP contribution is 2.25. The number of hydrogen-bond acceptors (Lipinski definition) is 4. The Balaban J connectivity index is 2.07. The average Bonchev–Trinajstić information content (AvgIpc) is 2.88. The molecule has 1 unspecified atom stereocenters. The molecule has 0 aliphatic carbocycles. The van der Waals surface area contributed by atoms with Crippen molar-refractivity contribution in [1.29, 1.82) is 0 Å². The molecule has 0 saturated heterocycles. The molecule has 0 saturated carbocycles. The van der Waals surface area contributed by atoms with E-state index in [1.807, 2.05) is 11.4 Å². The number of alkyl halides is 1. The van der Waals surface area contributed by atoms with E-state index in [1.54, 1.807) is 11.3 Å². The first-order valence-corrected chi connectivity index (χ1v) is 6.58. The lowest BCUT2D eigenvalue weighted by Crippen LogP contribution is -1.86. The largest absolute Gasteiger partial charge is 0.424 e. The third-order valence-corrected chi connectivity index (χ3v) is 3.93. The molecule has 1 atom stereocenters. The molecular weight excluding hydrogens is 276 g/mol. The summed E-state index contributed by atoms with van der Waals surface area (Å²) in [6.07, 6.45) is 1.68. The molecule has 0 aliphatic rings. The van der Waals surface area contributed by atoms with Gasteiger partial charge in [0.2, 0.25) is 11.8 Å². The summed E-state index contributed by atoms with van der Waals surface area (Å²) < 4.78 is 5.55. The topological polar surface area (TPSA) is 38.9 Å². The minimum atomic E-state index is 0.169. The Morgan fingerprint density at radius 3 is 3.07 bits per heavy atom. The zero-order valence-electron chi connectivity index (χ0n) is 8.31. The molecule has 15 heavy (non-hydrogen) atoms. The third kappa shape index (κ3) is 2.66. The molecule has 0 bridgehead atoms. The number of halogens is 1. The van der Waals surface area contributed by atoms with Crippen molar-refractivity contribution in [3.05, 3.63) is 34.2 Å². The van der Waals surface area contributed by atoms with Gasteiger partial charge < -0.3 is 4.42 Å². The molecule has 0 aromatic carbocycles. The maximum Gasteiger partial charge on any atom is 0.230 e. The summed E-state index contributed by atoms with van der Waals surface area (Å²) in [5.74, 6) is 1.36. The fourth-order valence-electron chi connectivity index (χ4n) is 1.20. The van der Waals surface area contributed by atoms with E-state index >= 15 is 0 Å². The molecule has 0 spiro atoms. The highest BCUT2D eigenvalue weighted by molar-refractivity contribution is 9.09. The Morgan fingerprint density at radius 1 is 1.53 bits per heavy atom. The van der Waals surface area contributed by atoms with Crippen LogP contribution in [-0.4, -0.2) is 10.2 Å². The van der Waals surface area contributed by atoms with Crippen LogP contribution in [0.25, 0.3) is 0 Å². The van der Waals surface area contributed by atoms with Crippen molar-refractivity contribution in [1.82, 2.24) is 10.2 Å². The van der Waals surface area contributed by atoms with Crippen LogP contribution in [0, 0.1) is 0 Å². The predicted octanol–water partition coefficient (Wildman–Crippen LogP) is 3.57. The van der Waals surface area contributed by atoms with Crippen LogP contribution in [0.4, 0.5) is 0 Å². The summed E-state index contributed by atoms with van der Waals surface area (Å²) in [5.41, 5.74) is 0. The second-order valence-corrected chi connectivity index (χ2v) is 5.30. The zero-order valence-corrected chi connectivity index (χ0v) is 10.7. The molecule has 2 heterocycles. The first kappa shape index (κ1) is 10.8. The molecule has 5 heteroatoms. The fraction of sp³-hybridized carbons (Fsp3) is 0.400. The minimum absolute atomic E-state index is 0.169. The summed E-state index contributed by atoms with van der Waals surface area (Å²) in [7, 11) is 0. The second kappa shape index (κ2) is 4.90. The normalized spacial score (nSPS) is 12.9. The van der Waals surface area contributed by atoms with Crippen LogP contribution in [0.2, 0.25) is 0 Å². The molecule has 0 amide bonds. The lowest BCUT2D eigenvalue weighted by atomic mass is 10.3. The molecule has 2 rings (SSSR count). The van der Waals surface area contributed by atoms with Crippen LogP contribution >= 0.6 is 27.3 Å². The van der Waals surface area contributed by atoms with Gasteiger partial charge in [-0.3, -0.25) is 0 Å². The van der Waals surface area contributed by atoms with Crippen LogP contribution in [-0.2, 0) is 6.42 Å². The van der Waals surface area contributed by atoms with Crippen molar-refractivity contribution in [2.75, 3.05) is 0 Å². The van der Waals surface area contributed by atoms with E-state index in [2.05, 4.69) is 39.1 Å². The van der Waals surface area contributed by atoms with Gasteiger partial charge in [-0.2, -0.15) is 0 Å². The minimum Gasteiger partial charge on any atom is -0.424 e. The number of aromatic nitrogens is 2. The van der Waals surface area contributed by atoms with Gasteiger partial charge in [-0.1, -0.05) is 28.9 Å². The van der Waals surface area contributed by atoms with Gasteiger partial charge in [0.25, 0.3) is 0 Å². The van der Waals surface area contributed by atoms with E-state index in [0.29, 0.717) is 11.8 Å². The summed E-state index contributed by atoms with van der Waals surface area (Å²) in [4.78, 5) is 1.41. The van der Waals surface area contributed by atoms with Crippen molar-refractivity contribution in [2.24, 2.45) is 0 Å². The Hall–Kier alpha value is -0.680. The molecule has 0 fully saturated rings. The van der Waals surface area contributed by atoms with E-state index in [-0.39, 0.29) is 4.83 Å². The van der Waals surface area contributed by atoms with Crippen molar-refractivity contribution < 1.29 is 4.42 Å². The zero-order chi connectivity index (χ0) is 10.7. The lowest BCUT2D eigenvalue weighted by molar-refractivity contribution is 0.454. The van der Waals surface area contributed by atoms with Gasteiger partial charge in [0.1, 0.15) is 0 Å². The van der Waals surface area contributed by atoms with Crippen molar-refractivity contribution in [2.45, 2.75) is 24.6 Å². The number of nitrogens with zero attached hydrogens (tertiary/aromatic N) is 2. The monoisotopic (exact) mass is 286 g/mol. The maximum absolute atomic E-state index is 5.55. The van der Waals surface area contributed by atoms with Gasteiger partial charge in [0, 0.05) is 4.88 Å². The standard InChI is InChI=1S/C10H11BrN2OS/c1-2-8(11)10-13-12-9(14-10)6-7-4-3-5-15-7/h3-5,8H,2,6H2,1H3. The number of thiophene rings is 1. The van der Waals surface area contributed by atoms with E-state index in [4.69, 9.17) is 4.42 Å². The highest BCUT2D eigenvalue weighted by Gasteiger charge is 2.13. The molecule has 0 radical (unpaired) electrons. The number of hydrogen-bond donors (Lipinski definition) is 0. The predicted molar refractivity (Wildman–Crippen MR) is 63.4 cm³/mol. The maximum atomic E-state index is 5.55. The molecule has 0 aliphatic heterocycles. The Bertz CT molecular complexity index is 413. The third-order valence-electron chi connectivity index (χ3n) is 2.01. The van der Waals surface area contributed by atoms with Crippen LogP contribution in [0.3, 0.4) is 0 Å².